The first-order valence-electron chi connectivity index (χ1n) is 6.06. The Morgan fingerprint density at radius 1 is 1.35 bits per heavy atom. The molecule has 1 atom stereocenters. The predicted octanol–water partition coefficient (Wildman–Crippen LogP) is 3.38. The Hall–Kier alpha value is -0.800. The van der Waals surface area contributed by atoms with Gasteiger partial charge in [-0.1, -0.05) is 17.7 Å². The van der Waals surface area contributed by atoms with Gasteiger partial charge in [0.2, 0.25) is 0 Å². The molecule has 1 fully saturated rings. The number of nitrogens with one attached hydrogen (secondary N) is 1. The van der Waals surface area contributed by atoms with E-state index >= 15 is 0 Å². The lowest BCUT2D eigenvalue weighted by molar-refractivity contribution is 0.348. The van der Waals surface area contributed by atoms with E-state index in [1.807, 2.05) is 0 Å². The van der Waals surface area contributed by atoms with Crippen molar-refractivity contribution in [3.63, 3.8) is 0 Å². The summed E-state index contributed by atoms with van der Waals surface area (Å²) in [6, 6.07) is 5.10. The zero-order valence-electron chi connectivity index (χ0n) is 10.0. The maximum atomic E-state index is 13.6. The summed E-state index contributed by atoms with van der Waals surface area (Å²) in [6.45, 7) is 2.16. The quantitative estimate of drug-likeness (QED) is 0.873. The lowest BCUT2D eigenvalue weighted by atomic mass is 10.1. The van der Waals surface area contributed by atoms with Crippen LogP contribution in [0.1, 0.15) is 19.3 Å². The third-order valence-corrected chi connectivity index (χ3v) is 3.58. The number of rotatable bonds is 2. The highest BCUT2D eigenvalue weighted by Crippen LogP contribution is 2.27. The highest BCUT2D eigenvalue weighted by Gasteiger charge is 2.17. The van der Waals surface area contributed by atoms with Crippen molar-refractivity contribution in [3.05, 3.63) is 29.0 Å². The lowest BCUT2D eigenvalue weighted by Crippen LogP contribution is -2.23. The summed E-state index contributed by atoms with van der Waals surface area (Å²) < 4.78 is 13.6. The van der Waals surface area contributed by atoms with Crippen LogP contribution in [0.2, 0.25) is 5.02 Å². The van der Waals surface area contributed by atoms with Crippen LogP contribution in [0, 0.1) is 5.82 Å². The minimum absolute atomic E-state index is 0.268. The van der Waals surface area contributed by atoms with Crippen LogP contribution in [0.4, 0.5) is 10.1 Å². The molecular formula is C13H18ClFN2. The second-order valence-corrected chi connectivity index (χ2v) is 5.08. The van der Waals surface area contributed by atoms with Crippen LogP contribution < -0.4 is 5.32 Å². The molecule has 1 aliphatic rings. The van der Waals surface area contributed by atoms with Crippen LogP contribution in [0.15, 0.2) is 18.2 Å². The van der Waals surface area contributed by atoms with Crippen molar-refractivity contribution in [2.24, 2.45) is 0 Å². The van der Waals surface area contributed by atoms with Crippen LogP contribution in [0.5, 0.6) is 0 Å². The molecule has 1 heterocycles. The van der Waals surface area contributed by atoms with Crippen LogP contribution >= 0.6 is 11.6 Å². The molecule has 4 heteroatoms. The van der Waals surface area contributed by atoms with E-state index < -0.39 is 0 Å². The smallest absolute Gasteiger partial charge is 0.147 e. The highest BCUT2D eigenvalue weighted by molar-refractivity contribution is 6.33. The van der Waals surface area contributed by atoms with Gasteiger partial charge >= 0.3 is 0 Å². The molecule has 1 aromatic carbocycles. The molecule has 1 aliphatic heterocycles. The van der Waals surface area contributed by atoms with E-state index in [4.69, 9.17) is 11.6 Å². The van der Waals surface area contributed by atoms with Gasteiger partial charge in [0, 0.05) is 6.04 Å². The van der Waals surface area contributed by atoms with E-state index in [1.54, 1.807) is 12.1 Å². The third kappa shape index (κ3) is 3.33. The van der Waals surface area contributed by atoms with Crippen LogP contribution in [0.25, 0.3) is 0 Å². The molecule has 94 valence electrons. The van der Waals surface area contributed by atoms with Crippen LogP contribution in [0.3, 0.4) is 0 Å². The van der Waals surface area contributed by atoms with E-state index in [-0.39, 0.29) is 5.82 Å². The Kier molecular flexibility index (Phi) is 4.24. The molecular weight excluding hydrogens is 239 g/mol. The number of anilines is 1. The standard InChI is InChI=1S/C13H18ClFN2/c1-17-8-3-4-10(7-9-17)16-13-11(14)5-2-6-12(13)15/h2,5-6,10,16H,3-4,7-9H2,1H3. The molecule has 0 aromatic heterocycles. The summed E-state index contributed by atoms with van der Waals surface area (Å²) >= 11 is 6.01. The largest absolute Gasteiger partial charge is 0.379 e. The van der Waals surface area contributed by atoms with Gasteiger partial charge in [-0.15, -0.1) is 0 Å². The number of halogens is 2. The Morgan fingerprint density at radius 3 is 2.94 bits per heavy atom. The van der Waals surface area contributed by atoms with Gasteiger partial charge < -0.3 is 10.2 Å². The van der Waals surface area contributed by atoms with Crippen LogP contribution in [-0.2, 0) is 0 Å². The molecule has 0 bridgehead atoms. The fourth-order valence-electron chi connectivity index (χ4n) is 2.22. The first-order chi connectivity index (χ1) is 8.16. The zero-order valence-corrected chi connectivity index (χ0v) is 10.8. The third-order valence-electron chi connectivity index (χ3n) is 3.26. The first kappa shape index (κ1) is 12.7. The fourth-order valence-corrected chi connectivity index (χ4v) is 2.44. The van der Waals surface area contributed by atoms with Gasteiger partial charge in [0.05, 0.1) is 10.7 Å². The monoisotopic (exact) mass is 256 g/mol. The van der Waals surface area contributed by atoms with Crippen molar-refractivity contribution >= 4 is 17.3 Å². The van der Waals surface area contributed by atoms with Gasteiger partial charge in [0.1, 0.15) is 5.82 Å². The minimum Gasteiger partial charge on any atom is -0.379 e. The Morgan fingerprint density at radius 2 is 2.18 bits per heavy atom. The molecule has 0 radical (unpaired) electrons. The fraction of sp³-hybridized carbons (Fsp3) is 0.538. The summed E-state index contributed by atoms with van der Waals surface area (Å²) in [5.41, 5.74) is 0.448. The Balaban J connectivity index is 2.05. The number of hydrogen-bond acceptors (Lipinski definition) is 2. The summed E-state index contributed by atoms with van der Waals surface area (Å²) in [5, 5.41) is 3.71. The van der Waals surface area contributed by atoms with E-state index in [1.165, 1.54) is 6.07 Å². The van der Waals surface area contributed by atoms with Crippen molar-refractivity contribution < 1.29 is 4.39 Å². The molecule has 2 nitrogen and oxygen atoms in total. The van der Waals surface area contributed by atoms with E-state index in [0.717, 1.165) is 32.4 Å². The summed E-state index contributed by atoms with van der Waals surface area (Å²) in [4.78, 5) is 2.31. The summed E-state index contributed by atoms with van der Waals surface area (Å²) in [5.74, 6) is -0.268. The zero-order chi connectivity index (χ0) is 12.3. The number of hydrogen-bond donors (Lipinski definition) is 1. The minimum atomic E-state index is -0.268. The molecule has 0 amide bonds. The van der Waals surface area contributed by atoms with Crippen LogP contribution in [-0.4, -0.2) is 31.1 Å². The molecule has 0 aliphatic carbocycles. The van der Waals surface area contributed by atoms with Crippen molar-refractivity contribution in [2.75, 3.05) is 25.5 Å². The first-order valence-corrected chi connectivity index (χ1v) is 6.43. The Labute approximate surface area is 107 Å². The molecule has 17 heavy (non-hydrogen) atoms. The second kappa shape index (κ2) is 5.69. The normalized spacial score (nSPS) is 22.2. The van der Waals surface area contributed by atoms with Gasteiger partial charge in [0.25, 0.3) is 0 Å². The maximum absolute atomic E-state index is 13.6. The predicted molar refractivity (Wildman–Crippen MR) is 70.2 cm³/mol. The molecule has 1 saturated heterocycles. The molecule has 2 rings (SSSR count). The number of benzene rings is 1. The van der Waals surface area contributed by atoms with Gasteiger partial charge in [-0.3, -0.25) is 0 Å². The van der Waals surface area contributed by atoms with Gasteiger partial charge in [-0.25, -0.2) is 4.39 Å². The molecule has 0 spiro atoms. The molecule has 1 aromatic rings. The van der Waals surface area contributed by atoms with Crippen molar-refractivity contribution in [3.8, 4) is 0 Å². The van der Waals surface area contributed by atoms with Crippen molar-refractivity contribution in [1.29, 1.82) is 0 Å². The SMILES string of the molecule is CN1CCCC(Nc2c(F)cccc2Cl)CC1. The second-order valence-electron chi connectivity index (χ2n) is 4.67. The van der Waals surface area contributed by atoms with E-state index in [0.29, 0.717) is 16.8 Å². The number of para-hydroxylation sites is 1. The summed E-state index contributed by atoms with van der Waals surface area (Å²) in [6.07, 6.45) is 3.23. The average molecular weight is 257 g/mol. The average Bonchev–Trinajstić information content (AvgIpc) is 2.49. The summed E-state index contributed by atoms with van der Waals surface area (Å²) in [7, 11) is 2.12. The topological polar surface area (TPSA) is 15.3 Å². The van der Waals surface area contributed by atoms with Crippen molar-refractivity contribution in [2.45, 2.75) is 25.3 Å². The van der Waals surface area contributed by atoms with E-state index in [2.05, 4.69) is 17.3 Å². The van der Waals surface area contributed by atoms with Gasteiger partial charge in [-0.2, -0.15) is 0 Å². The van der Waals surface area contributed by atoms with Gasteiger partial charge in [0.15, 0.2) is 0 Å². The maximum Gasteiger partial charge on any atom is 0.147 e. The van der Waals surface area contributed by atoms with E-state index in [9.17, 15) is 4.39 Å². The number of nitrogens with zero attached hydrogens (tertiary/aromatic N) is 1. The lowest BCUT2D eigenvalue weighted by Gasteiger charge is -2.19. The molecule has 1 N–H and O–H groups in total. The van der Waals surface area contributed by atoms with Crippen molar-refractivity contribution in [1.82, 2.24) is 4.90 Å². The number of likely N-dealkylation sites (tertiary alicyclic amines) is 1. The highest BCUT2D eigenvalue weighted by atomic mass is 35.5. The Bertz CT molecular complexity index is 363. The molecule has 0 saturated carbocycles. The van der Waals surface area contributed by atoms with Gasteiger partial charge in [-0.05, 0) is 51.5 Å². The molecule has 1 unspecified atom stereocenters.